The number of amides is 1. The molecule has 2 aromatic heterocycles. The zero-order chi connectivity index (χ0) is 19.5. The first-order valence-corrected chi connectivity index (χ1v) is 10.4. The number of carbonyl (C=O) groups excluding carboxylic acids is 1. The first-order chi connectivity index (χ1) is 13.7. The molecule has 0 spiro atoms. The van der Waals surface area contributed by atoms with Crippen molar-refractivity contribution >= 4 is 28.3 Å². The fourth-order valence-electron chi connectivity index (χ4n) is 3.50. The summed E-state index contributed by atoms with van der Waals surface area (Å²) in [6.45, 7) is 4.89. The molecule has 142 valence electrons. The van der Waals surface area contributed by atoms with E-state index >= 15 is 0 Å². The van der Waals surface area contributed by atoms with E-state index in [4.69, 9.17) is 0 Å². The first-order valence-electron chi connectivity index (χ1n) is 9.50. The Kier molecular flexibility index (Phi) is 5.26. The van der Waals surface area contributed by atoms with Crippen LogP contribution in [0.1, 0.15) is 46.0 Å². The van der Waals surface area contributed by atoms with Gasteiger partial charge in [0.25, 0.3) is 5.91 Å². The fourth-order valence-corrected chi connectivity index (χ4v) is 4.19. The summed E-state index contributed by atoms with van der Waals surface area (Å²) in [5.41, 5.74) is 3.67. The van der Waals surface area contributed by atoms with Gasteiger partial charge in [-0.25, -0.2) is 4.98 Å². The SMILES string of the molecule is CCC(NC(=O)c1ccc2c(c1)nc(C)n2Cc1cccs1)c1ccccc1. The Labute approximate surface area is 168 Å². The summed E-state index contributed by atoms with van der Waals surface area (Å²) in [4.78, 5) is 18.8. The summed E-state index contributed by atoms with van der Waals surface area (Å²) in [5.74, 6) is 0.889. The Morgan fingerprint density at radius 2 is 1.96 bits per heavy atom. The van der Waals surface area contributed by atoms with E-state index in [2.05, 4.69) is 39.3 Å². The number of aryl methyl sites for hydroxylation is 1. The molecule has 1 atom stereocenters. The zero-order valence-electron chi connectivity index (χ0n) is 16.1. The lowest BCUT2D eigenvalue weighted by atomic mass is 10.0. The molecule has 0 bridgehead atoms. The third-order valence-corrected chi connectivity index (χ3v) is 5.87. The molecule has 1 unspecified atom stereocenters. The van der Waals surface area contributed by atoms with E-state index in [1.54, 1.807) is 11.3 Å². The van der Waals surface area contributed by atoms with Gasteiger partial charge in [-0.05, 0) is 48.6 Å². The first kappa shape index (κ1) is 18.4. The number of rotatable bonds is 6. The van der Waals surface area contributed by atoms with E-state index in [1.165, 1.54) is 4.88 Å². The van der Waals surface area contributed by atoms with Gasteiger partial charge in [-0.2, -0.15) is 0 Å². The highest BCUT2D eigenvalue weighted by Crippen LogP contribution is 2.22. The van der Waals surface area contributed by atoms with Crippen LogP contribution in [0.15, 0.2) is 66.0 Å². The predicted octanol–water partition coefficient (Wildman–Crippen LogP) is 5.34. The van der Waals surface area contributed by atoms with Gasteiger partial charge < -0.3 is 9.88 Å². The van der Waals surface area contributed by atoms with Crippen molar-refractivity contribution in [1.82, 2.24) is 14.9 Å². The molecule has 0 aliphatic carbocycles. The summed E-state index contributed by atoms with van der Waals surface area (Å²) >= 11 is 1.74. The van der Waals surface area contributed by atoms with Crippen LogP contribution in [0.5, 0.6) is 0 Å². The number of fused-ring (bicyclic) bond motifs is 1. The van der Waals surface area contributed by atoms with Crippen LogP contribution in [0.3, 0.4) is 0 Å². The van der Waals surface area contributed by atoms with Crippen molar-refractivity contribution < 1.29 is 4.79 Å². The molecule has 1 N–H and O–H groups in total. The number of benzene rings is 2. The zero-order valence-corrected chi connectivity index (χ0v) is 16.9. The van der Waals surface area contributed by atoms with Gasteiger partial charge in [0.1, 0.15) is 5.82 Å². The maximum atomic E-state index is 12.8. The van der Waals surface area contributed by atoms with Crippen molar-refractivity contribution in [2.24, 2.45) is 0 Å². The van der Waals surface area contributed by atoms with Crippen LogP contribution in [-0.4, -0.2) is 15.5 Å². The van der Waals surface area contributed by atoms with Gasteiger partial charge in [0.15, 0.2) is 0 Å². The number of imidazole rings is 1. The summed E-state index contributed by atoms with van der Waals surface area (Å²) in [6, 6.07) is 20.1. The second kappa shape index (κ2) is 7.98. The molecule has 2 aromatic carbocycles. The van der Waals surface area contributed by atoms with Crippen molar-refractivity contribution in [3.8, 4) is 0 Å². The molecule has 4 rings (SSSR count). The van der Waals surface area contributed by atoms with E-state index in [0.29, 0.717) is 5.56 Å². The molecule has 28 heavy (non-hydrogen) atoms. The summed E-state index contributed by atoms with van der Waals surface area (Å²) in [5, 5.41) is 5.24. The largest absolute Gasteiger partial charge is 0.345 e. The summed E-state index contributed by atoms with van der Waals surface area (Å²) in [6.07, 6.45) is 0.840. The number of hydrogen-bond donors (Lipinski definition) is 1. The van der Waals surface area contributed by atoms with Gasteiger partial charge in [-0.3, -0.25) is 4.79 Å². The smallest absolute Gasteiger partial charge is 0.251 e. The molecular formula is C23H23N3OS. The molecule has 4 nitrogen and oxygen atoms in total. The number of carbonyl (C=O) groups is 1. The van der Waals surface area contributed by atoms with E-state index in [0.717, 1.165) is 35.4 Å². The summed E-state index contributed by atoms with van der Waals surface area (Å²) in [7, 11) is 0. The minimum Gasteiger partial charge on any atom is -0.345 e. The van der Waals surface area contributed by atoms with Crippen LogP contribution in [-0.2, 0) is 6.54 Å². The van der Waals surface area contributed by atoms with Crippen molar-refractivity contribution in [2.75, 3.05) is 0 Å². The summed E-state index contributed by atoms with van der Waals surface area (Å²) < 4.78 is 2.20. The molecule has 2 heterocycles. The van der Waals surface area contributed by atoms with E-state index < -0.39 is 0 Å². The topological polar surface area (TPSA) is 46.9 Å². The number of hydrogen-bond acceptors (Lipinski definition) is 3. The quantitative estimate of drug-likeness (QED) is 0.484. The highest BCUT2D eigenvalue weighted by molar-refractivity contribution is 7.09. The van der Waals surface area contributed by atoms with Crippen LogP contribution < -0.4 is 5.32 Å². The third-order valence-electron chi connectivity index (χ3n) is 5.01. The van der Waals surface area contributed by atoms with Crippen LogP contribution in [0.25, 0.3) is 11.0 Å². The normalized spacial score (nSPS) is 12.2. The molecule has 0 fully saturated rings. The highest BCUT2D eigenvalue weighted by atomic mass is 32.1. The van der Waals surface area contributed by atoms with Crippen LogP contribution in [0.2, 0.25) is 0 Å². The number of nitrogens with zero attached hydrogens (tertiary/aromatic N) is 2. The van der Waals surface area contributed by atoms with Crippen LogP contribution in [0, 0.1) is 6.92 Å². The van der Waals surface area contributed by atoms with E-state index in [-0.39, 0.29) is 11.9 Å². The molecule has 0 saturated carbocycles. The molecule has 0 aliphatic rings. The standard InChI is InChI=1S/C23H23N3OS/c1-3-20(17-8-5-4-6-9-17)25-23(27)18-11-12-22-21(14-18)24-16(2)26(22)15-19-10-7-13-28-19/h4-14,20H,3,15H2,1-2H3,(H,25,27). The molecule has 0 saturated heterocycles. The van der Waals surface area contributed by atoms with Gasteiger partial charge in [0, 0.05) is 10.4 Å². The molecular weight excluding hydrogens is 366 g/mol. The minimum absolute atomic E-state index is 0.00233. The molecule has 1 amide bonds. The van der Waals surface area contributed by atoms with E-state index in [1.807, 2.05) is 55.5 Å². The van der Waals surface area contributed by atoms with Crippen molar-refractivity contribution in [3.63, 3.8) is 0 Å². The van der Waals surface area contributed by atoms with Crippen molar-refractivity contribution in [3.05, 3.63) is 87.9 Å². The van der Waals surface area contributed by atoms with Gasteiger partial charge in [0.05, 0.1) is 23.6 Å². The molecule has 5 heteroatoms. The maximum absolute atomic E-state index is 12.8. The minimum atomic E-state index is -0.0666. The lowest BCUT2D eigenvalue weighted by Crippen LogP contribution is -2.28. The van der Waals surface area contributed by atoms with Crippen molar-refractivity contribution in [1.29, 1.82) is 0 Å². The predicted molar refractivity (Wildman–Crippen MR) is 115 cm³/mol. The average Bonchev–Trinajstić information content (AvgIpc) is 3.34. The van der Waals surface area contributed by atoms with Gasteiger partial charge in [0.2, 0.25) is 0 Å². The van der Waals surface area contributed by atoms with Gasteiger partial charge >= 0.3 is 0 Å². The highest BCUT2D eigenvalue weighted by Gasteiger charge is 2.16. The maximum Gasteiger partial charge on any atom is 0.251 e. The average molecular weight is 390 g/mol. The molecule has 0 radical (unpaired) electrons. The van der Waals surface area contributed by atoms with Crippen LogP contribution >= 0.6 is 11.3 Å². The van der Waals surface area contributed by atoms with Crippen molar-refractivity contribution in [2.45, 2.75) is 32.9 Å². The van der Waals surface area contributed by atoms with Crippen LogP contribution in [0.4, 0.5) is 0 Å². The monoisotopic (exact) mass is 389 g/mol. The Hall–Kier alpha value is -2.92. The number of nitrogens with one attached hydrogen (secondary N) is 1. The third kappa shape index (κ3) is 3.71. The Balaban J connectivity index is 1.58. The number of aromatic nitrogens is 2. The van der Waals surface area contributed by atoms with E-state index in [9.17, 15) is 4.79 Å². The lowest BCUT2D eigenvalue weighted by molar-refractivity contribution is 0.0935. The Morgan fingerprint density at radius 1 is 1.14 bits per heavy atom. The fraction of sp³-hybridized carbons (Fsp3) is 0.217. The second-order valence-electron chi connectivity index (χ2n) is 6.87. The number of thiophene rings is 1. The second-order valence-corrected chi connectivity index (χ2v) is 7.91. The molecule has 0 aliphatic heterocycles. The Bertz CT molecular complexity index is 1080. The van der Waals surface area contributed by atoms with Gasteiger partial charge in [-0.1, -0.05) is 43.3 Å². The Morgan fingerprint density at radius 3 is 2.68 bits per heavy atom. The lowest BCUT2D eigenvalue weighted by Gasteiger charge is -2.17. The van der Waals surface area contributed by atoms with Gasteiger partial charge in [-0.15, -0.1) is 11.3 Å². The molecule has 4 aromatic rings.